The van der Waals surface area contributed by atoms with E-state index in [1.807, 2.05) is 48.5 Å². The molecule has 0 atom stereocenters. The molecule has 1 N–H and O–H groups in total. The van der Waals surface area contributed by atoms with Crippen molar-refractivity contribution in [2.45, 2.75) is 47.0 Å². The zero-order chi connectivity index (χ0) is 21.6. The van der Waals surface area contributed by atoms with Gasteiger partial charge in [-0.05, 0) is 61.7 Å². The van der Waals surface area contributed by atoms with Crippen molar-refractivity contribution in [3.63, 3.8) is 0 Å². The number of hydrogen-bond donors (Lipinski definition) is 1. The van der Waals surface area contributed by atoms with Gasteiger partial charge in [0.05, 0.1) is 12.2 Å². The van der Waals surface area contributed by atoms with Gasteiger partial charge in [0.15, 0.2) is 5.78 Å². The molecular weight excluding hydrogens is 410 g/mol. The smallest absolute Gasteiger partial charge is 0.197 e. The van der Waals surface area contributed by atoms with Crippen LogP contribution >= 0.6 is 12.4 Å². The lowest BCUT2D eigenvalue weighted by Gasteiger charge is -2.18. The van der Waals surface area contributed by atoms with E-state index in [-0.39, 0.29) is 18.2 Å². The number of nitrogens with one attached hydrogen (secondary N) is 1. The summed E-state index contributed by atoms with van der Waals surface area (Å²) in [6.45, 7) is 11.3. The zero-order valence-corrected chi connectivity index (χ0v) is 19.8. The Morgan fingerprint density at radius 3 is 2.45 bits per heavy atom. The molecule has 3 rings (SSSR count). The van der Waals surface area contributed by atoms with Crippen molar-refractivity contribution in [1.82, 2.24) is 5.32 Å². The molecule has 0 fully saturated rings. The molecule has 1 heterocycles. The van der Waals surface area contributed by atoms with Crippen molar-refractivity contribution >= 4 is 29.2 Å². The number of ketones is 1. The first-order valence-corrected chi connectivity index (χ1v) is 10.9. The summed E-state index contributed by atoms with van der Waals surface area (Å²) < 4.78 is 11.8. The molecule has 3 aromatic rings. The van der Waals surface area contributed by atoms with Gasteiger partial charge in [-0.1, -0.05) is 45.9 Å². The quantitative estimate of drug-likeness (QED) is 0.289. The molecule has 0 aliphatic heterocycles. The number of ether oxygens (including phenoxy) is 1. The first kappa shape index (κ1) is 25.0. The van der Waals surface area contributed by atoms with E-state index in [0.29, 0.717) is 23.1 Å². The lowest BCUT2D eigenvalue weighted by Crippen LogP contribution is -2.28. The second kappa shape index (κ2) is 11.4. The van der Waals surface area contributed by atoms with Crippen LogP contribution in [0.1, 0.15) is 62.2 Å². The Balaban J connectivity index is 0.00000341. The molecule has 0 radical (unpaired) electrons. The van der Waals surface area contributed by atoms with E-state index in [9.17, 15) is 4.79 Å². The molecule has 0 saturated heterocycles. The topological polar surface area (TPSA) is 51.5 Å². The first-order chi connectivity index (χ1) is 14.4. The average Bonchev–Trinajstić information content (AvgIpc) is 3.08. The minimum absolute atomic E-state index is 0. The van der Waals surface area contributed by atoms with E-state index in [4.69, 9.17) is 9.15 Å². The van der Waals surface area contributed by atoms with E-state index in [1.54, 1.807) is 0 Å². The fourth-order valence-electron chi connectivity index (χ4n) is 3.45. The van der Waals surface area contributed by atoms with Crippen LogP contribution < -0.4 is 10.1 Å². The number of fused-ring (bicyclic) bond motifs is 1. The van der Waals surface area contributed by atoms with Gasteiger partial charge in [-0.15, -0.1) is 12.4 Å². The summed E-state index contributed by atoms with van der Waals surface area (Å²) in [6, 6.07) is 15.2. The van der Waals surface area contributed by atoms with Gasteiger partial charge in [-0.3, -0.25) is 4.79 Å². The molecule has 0 bridgehead atoms. The molecule has 0 spiro atoms. The molecule has 168 valence electrons. The number of halogens is 1. The summed E-state index contributed by atoms with van der Waals surface area (Å²) in [5, 5.41) is 4.33. The highest BCUT2D eigenvalue weighted by Gasteiger charge is 2.21. The Morgan fingerprint density at radius 1 is 1.06 bits per heavy atom. The summed E-state index contributed by atoms with van der Waals surface area (Å²) in [7, 11) is 0. The first-order valence-electron chi connectivity index (χ1n) is 10.9. The van der Waals surface area contributed by atoms with Crippen molar-refractivity contribution in [1.29, 1.82) is 0 Å². The van der Waals surface area contributed by atoms with Gasteiger partial charge in [-0.25, -0.2) is 0 Å². The second-order valence-electron chi connectivity index (χ2n) is 8.94. The third-order valence-electron chi connectivity index (χ3n) is 4.91. The number of rotatable bonds is 10. The van der Waals surface area contributed by atoms with Crippen molar-refractivity contribution in [3.05, 3.63) is 65.4 Å². The van der Waals surface area contributed by atoms with E-state index in [2.05, 4.69) is 33.0 Å². The summed E-state index contributed by atoms with van der Waals surface area (Å²) in [5.74, 6) is 1.56. The standard InChI is InChI=1S/C26H33NO3.ClH/c1-5-9-23-24(21-10-6-7-11-22(21)30-23)25(28)19-12-14-20(15-13-19)29-17-8-16-27-18-26(2,3)4;/h6-7,10-15,27H,5,8-9,16-18H2,1-4H3;1H. The van der Waals surface area contributed by atoms with Gasteiger partial charge in [0.25, 0.3) is 0 Å². The zero-order valence-electron chi connectivity index (χ0n) is 19.0. The van der Waals surface area contributed by atoms with E-state index < -0.39 is 0 Å². The Bertz CT molecular complexity index is 970. The summed E-state index contributed by atoms with van der Waals surface area (Å²) in [6.07, 6.45) is 2.62. The van der Waals surface area contributed by atoms with Crippen LogP contribution in [0.25, 0.3) is 11.0 Å². The molecule has 5 heteroatoms. The molecule has 1 aromatic heterocycles. The van der Waals surface area contributed by atoms with Crippen molar-refractivity contribution in [2.75, 3.05) is 19.7 Å². The van der Waals surface area contributed by atoms with Crippen molar-refractivity contribution < 1.29 is 13.9 Å². The SMILES string of the molecule is CCCc1oc2ccccc2c1C(=O)c1ccc(OCCCNCC(C)(C)C)cc1.Cl. The van der Waals surface area contributed by atoms with Crippen LogP contribution in [0, 0.1) is 5.41 Å². The van der Waals surface area contributed by atoms with Crippen molar-refractivity contribution in [3.8, 4) is 5.75 Å². The maximum atomic E-state index is 13.2. The molecule has 0 amide bonds. The van der Waals surface area contributed by atoms with Gasteiger partial charge >= 0.3 is 0 Å². The Kier molecular flexibility index (Phi) is 9.15. The highest BCUT2D eigenvalue weighted by Crippen LogP contribution is 2.29. The van der Waals surface area contributed by atoms with Gasteiger partial charge in [-0.2, -0.15) is 0 Å². The average molecular weight is 444 g/mol. The third kappa shape index (κ3) is 6.84. The van der Waals surface area contributed by atoms with Crippen LogP contribution in [-0.4, -0.2) is 25.5 Å². The van der Waals surface area contributed by atoms with Gasteiger partial charge < -0.3 is 14.5 Å². The van der Waals surface area contributed by atoms with E-state index >= 15 is 0 Å². The molecule has 31 heavy (non-hydrogen) atoms. The van der Waals surface area contributed by atoms with Crippen LogP contribution in [0.4, 0.5) is 0 Å². The van der Waals surface area contributed by atoms with Crippen molar-refractivity contribution in [2.24, 2.45) is 5.41 Å². The number of carbonyl (C=O) groups is 1. The number of benzene rings is 2. The molecule has 0 aliphatic carbocycles. The monoisotopic (exact) mass is 443 g/mol. The lowest BCUT2D eigenvalue weighted by molar-refractivity contribution is 0.103. The fraction of sp³-hybridized carbons (Fsp3) is 0.423. The Labute approximate surface area is 191 Å². The van der Waals surface area contributed by atoms with Crippen LogP contribution in [0.2, 0.25) is 0 Å². The van der Waals surface area contributed by atoms with E-state index in [1.165, 1.54) is 0 Å². The van der Waals surface area contributed by atoms with Gasteiger partial charge in [0.2, 0.25) is 0 Å². The number of para-hydroxylation sites is 1. The molecule has 0 saturated carbocycles. The largest absolute Gasteiger partial charge is 0.494 e. The van der Waals surface area contributed by atoms with E-state index in [0.717, 1.165) is 54.8 Å². The van der Waals surface area contributed by atoms with Crippen LogP contribution in [-0.2, 0) is 6.42 Å². The number of carbonyl (C=O) groups excluding carboxylic acids is 1. The summed E-state index contributed by atoms with van der Waals surface area (Å²) in [4.78, 5) is 13.2. The Hall–Kier alpha value is -2.30. The normalized spacial score (nSPS) is 11.4. The fourth-order valence-corrected chi connectivity index (χ4v) is 3.45. The molecule has 2 aromatic carbocycles. The molecule has 4 nitrogen and oxygen atoms in total. The maximum Gasteiger partial charge on any atom is 0.197 e. The summed E-state index contributed by atoms with van der Waals surface area (Å²) >= 11 is 0. The highest BCUT2D eigenvalue weighted by atomic mass is 35.5. The van der Waals surface area contributed by atoms with Gasteiger partial charge in [0, 0.05) is 17.4 Å². The number of furan rings is 1. The minimum Gasteiger partial charge on any atom is -0.494 e. The minimum atomic E-state index is 0. The highest BCUT2D eigenvalue weighted by molar-refractivity contribution is 6.16. The number of hydrogen-bond acceptors (Lipinski definition) is 4. The predicted octanol–water partition coefficient (Wildman–Crippen LogP) is 6.44. The Morgan fingerprint density at radius 2 is 1.77 bits per heavy atom. The molecular formula is C26H34ClNO3. The summed E-state index contributed by atoms with van der Waals surface area (Å²) in [5.41, 5.74) is 2.40. The molecule has 0 aliphatic rings. The maximum absolute atomic E-state index is 13.2. The van der Waals surface area contributed by atoms with Crippen LogP contribution in [0.15, 0.2) is 52.9 Å². The molecule has 0 unspecified atom stereocenters. The van der Waals surface area contributed by atoms with Crippen LogP contribution in [0.3, 0.4) is 0 Å². The predicted molar refractivity (Wildman–Crippen MR) is 130 cm³/mol. The number of aryl methyl sites for hydroxylation is 1. The lowest BCUT2D eigenvalue weighted by atomic mass is 9.97. The third-order valence-corrected chi connectivity index (χ3v) is 4.91. The van der Waals surface area contributed by atoms with Crippen LogP contribution in [0.5, 0.6) is 5.75 Å². The second-order valence-corrected chi connectivity index (χ2v) is 8.94. The van der Waals surface area contributed by atoms with Gasteiger partial charge in [0.1, 0.15) is 17.1 Å².